The molecule has 0 bridgehead atoms. The highest BCUT2D eigenvalue weighted by Crippen LogP contribution is 2.42. The van der Waals surface area contributed by atoms with Crippen molar-refractivity contribution >= 4 is 400 Å². The number of hydrogen-bond acceptors (Lipinski definition) is 1. The highest BCUT2D eigenvalue weighted by molar-refractivity contribution is 6.77. The fraction of sp³-hybridized carbons (Fsp3) is 0. The Morgan fingerprint density at radius 2 is 0.333 bits per heavy atom. The van der Waals surface area contributed by atoms with E-state index in [0.29, 0.717) is 0 Å². The van der Waals surface area contributed by atoms with Crippen LogP contribution in [0.4, 0.5) is 0 Å². The zero-order valence-corrected chi connectivity index (χ0v) is 36.4. The summed E-state index contributed by atoms with van der Waals surface area (Å²) in [6.07, 6.45) is 0. The molecule has 9 rings (SSSR count). The van der Waals surface area contributed by atoms with Crippen molar-refractivity contribution in [2.45, 2.75) is 0 Å². The molecule has 52 radical (unpaired) electrons. The number of rotatable bonds is 3. The molecule has 0 amide bonds. The summed E-state index contributed by atoms with van der Waals surface area (Å²) in [6, 6.07) is 0. The third-order valence-electron chi connectivity index (χ3n) is 13.4. The zero-order valence-electron chi connectivity index (χ0n) is 36.4. The van der Waals surface area contributed by atoms with Gasteiger partial charge in [0.1, 0.15) is 215 Å². The van der Waals surface area contributed by atoms with Crippen molar-refractivity contribution in [2.75, 3.05) is 0 Å². The monoisotopic (exact) mass is 806 g/mol. The maximum Gasteiger partial charge on any atom is 0.128 e. The molecule has 0 spiro atoms. The van der Waals surface area contributed by atoms with Crippen LogP contribution in [-0.2, 0) is 0 Å². The third-order valence-corrected chi connectivity index (χ3v) is 13.4. The summed E-state index contributed by atoms with van der Waals surface area (Å²) in [4.78, 5) is 0. The standard InChI is InChI=1S/C42B26O/c43-15-9(22(50)23(51)11-10(15)24(52)25(53)12(16(11)44)13-26(54)33(61)37(65)34(62)27(13)55)2-5-3(17(45)29(57)31(59)19(5)47)1(4-6(2)20(48)32(60)30(58)18(4)46)7-8-14-28(56)35(63)38(66)40(68)42(14)69-41(8)39(67)36(64)21(7)49. The van der Waals surface area contributed by atoms with Gasteiger partial charge in [-0.05, 0) is 65.7 Å². The Labute approximate surface area is 435 Å². The summed E-state index contributed by atoms with van der Waals surface area (Å²) in [5.41, 5.74) is -3.94. The van der Waals surface area contributed by atoms with Crippen LogP contribution in [0.5, 0.6) is 0 Å². The second-order valence-electron chi connectivity index (χ2n) is 16.8. The molecule has 0 atom stereocenters. The fourth-order valence-electron chi connectivity index (χ4n) is 9.66. The van der Waals surface area contributed by atoms with Crippen LogP contribution in [0.1, 0.15) is 0 Å². The van der Waals surface area contributed by atoms with E-state index in [-0.39, 0.29) is 230 Å². The molecular weight excluding hydrogens is 802 g/mol. The Kier molecular flexibility index (Phi) is 12.2. The van der Waals surface area contributed by atoms with Crippen LogP contribution in [0.2, 0.25) is 0 Å². The van der Waals surface area contributed by atoms with E-state index in [1.807, 2.05) is 0 Å². The molecule has 0 aliphatic carbocycles. The fourth-order valence-corrected chi connectivity index (χ4v) is 9.66. The molecule has 69 heavy (non-hydrogen) atoms. The van der Waals surface area contributed by atoms with E-state index in [1.165, 1.54) is 0 Å². The van der Waals surface area contributed by atoms with Crippen LogP contribution in [-0.4, -0.2) is 204 Å². The number of hydrogen-bond donors (Lipinski definition) is 0. The van der Waals surface area contributed by atoms with E-state index in [0.717, 1.165) is 0 Å². The van der Waals surface area contributed by atoms with Crippen molar-refractivity contribution in [3.8, 4) is 33.4 Å². The van der Waals surface area contributed by atoms with Gasteiger partial charge in [0.05, 0.1) is 0 Å². The van der Waals surface area contributed by atoms with E-state index in [4.69, 9.17) is 208 Å². The first-order valence-electron chi connectivity index (χ1n) is 20.2. The molecule has 0 fully saturated rings. The minimum Gasteiger partial charge on any atom is -0.457 e. The van der Waals surface area contributed by atoms with Crippen molar-refractivity contribution in [2.24, 2.45) is 0 Å². The quantitative estimate of drug-likeness (QED) is 0.128. The first kappa shape index (κ1) is 50.0. The number of fused-ring (bicyclic) bond motifs is 6. The summed E-state index contributed by atoms with van der Waals surface area (Å²) in [7, 11) is 175. The lowest BCUT2D eigenvalue weighted by atomic mass is 9.55. The molecule has 1 nitrogen and oxygen atoms in total. The molecule has 0 aliphatic heterocycles. The van der Waals surface area contributed by atoms with E-state index in [2.05, 4.69) is 0 Å². The first-order chi connectivity index (χ1) is 32.2. The summed E-state index contributed by atoms with van der Waals surface area (Å²) >= 11 is 0. The minimum atomic E-state index is -0.230. The molecule has 252 valence electrons. The molecule has 1 aromatic heterocycles. The molecule has 27 heteroatoms. The van der Waals surface area contributed by atoms with Crippen LogP contribution in [0, 0.1) is 0 Å². The molecule has 0 unspecified atom stereocenters. The van der Waals surface area contributed by atoms with Gasteiger partial charge in [0.25, 0.3) is 0 Å². The second-order valence-corrected chi connectivity index (χ2v) is 16.8. The lowest BCUT2D eigenvalue weighted by Gasteiger charge is -2.32. The van der Waals surface area contributed by atoms with Gasteiger partial charge >= 0.3 is 0 Å². The van der Waals surface area contributed by atoms with Crippen LogP contribution in [0.15, 0.2) is 4.42 Å². The topological polar surface area (TPSA) is 13.1 Å². The average Bonchev–Trinajstić information content (AvgIpc) is 3.72. The van der Waals surface area contributed by atoms with Gasteiger partial charge in [0, 0.05) is 10.8 Å². The van der Waals surface area contributed by atoms with Crippen LogP contribution in [0.3, 0.4) is 0 Å². The number of benzene rings is 8. The van der Waals surface area contributed by atoms with E-state index < -0.39 is 0 Å². The van der Waals surface area contributed by atoms with E-state index in [1.54, 1.807) is 0 Å². The summed E-state index contributed by atoms with van der Waals surface area (Å²) in [6.45, 7) is 0. The predicted molar refractivity (Wildman–Crippen MR) is 323 cm³/mol. The molecule has 0 saturated carbocycles. The van der Waals surface area contributed by atoms with Crippen molar-refractivity contribution in [1.29, 1.82) is 0 Å². The van der Waals surface area contributed by atoms with Gasteiger partial charge in [0.2, 0.25) is 0 Å². The van der Waals surface area contributed by atoms with Crippen LogP contribution >= 0.6 is 0 Å². The first-order valence-corrected chi connectivity index (χ1v) is 20.2. The smallest absolute Gasteiger partial charge is 0.128 e. The van der Waals surface area contributed by atoms with Gasteiger partial charge in [-0.15, -0.1) is 54.6 Å². The Morgan fingerprint density at radius 1 is 0.130 bits per heavy atom. The normalized spacial score (nSPS) is 11.8. The van der Waals surface area contributed by atoms with Crippen molar-refractivity contribution in [1.82, 2.24) is 0 Å². The third kappa shape index (κ3) is 6.41. The summed E-state index contributed by atoms with van der Waals surface area (Å²) in [5.74, 6) is 0. The Morgan fingerprint density at radius 3 is 0.710 bits per heavy atom. The highest BCUT2D eigenvalue weighted by atomic mass is 16.3. The molecule has 1 heterocycles. The van der Waals surface area contributed by atoms with Gasteiger partial charge in [-0.25, -0.2) is 0 Å². The van der Waals surface area contributed by atoms with Gasteiger partial charge in [-0.2, -0.15) is 0 Å². The highest BCUT2D eigenvalue weighted by Gasteiger charge is 2.31. The Hall–Kier alpha value is -3.97. The second kappa shape index (κ2) is 16.8. The summed E-state index contributed by atoms with van der Waals surface area (Å²) < 4.78 is 6.31. The maximum atomic E-state index is 7.26. The SMILES string of the molecule is [B]c1c([B])c([B])c(-c2c([B])c([B])c3c([B])c(-c4c5c([B])c([B])c([B])c([B])c5c(-c5c([B])c([B])c([B])c6oc7c([B])c([B])c([B])c([B])c7c56)c5c([B])c([B])c([B])c([B])c45)c([B])c([B])c3c2[B])c([B])c1[B]. The molecule has 0 saturated heterocycles. The van der Waals surface area contributed by atoms with Gasteiger partial charge in [-0.1, -0.05) is 87.4 Å². The van der Waals surface area contributed by atoms with E-state index >= 15 is 0 Å². The number of furan rings is 1. The molecular formula is C42B26O. The lowest BCUT2D eigenvalue weighted by molar-refractivity contribution is 0.675. The van der Waals surface area contributed by atoms with Crippen LogP contribution < -0.4 is 142 Å². The predicted octanol–water partition coefficient (Wildman–Crippen LogP) is -19.3. The van der Waals surface area contributed by atoms with Gasteiger partial charge in [0.15, 0.2) is 0 Å². The molecule has 8 aromatic carbocycles. The largest absolute Gasteiger partial charge is 0.457 e. The van der Waals surface area contributed by atoms with Crippen molar-refractivity contribution in [3.63, 3.8) is 0 Å². The molecule has 0 aliphatic rings. The van der Waals surface area contributed by atoms with Gasteiger partial charge < -0.3 is 4.42 Å². The minimum absolute atomic E-state index is 0.00211. The van der Waals surface area contributed by atoms with Gasteiger partial charge in [-0.3, -0.25) is 0 Å². The summed E-state index contributed by atoms with van der Waals surface area (Å²) in [5, 5.41) is 0.216. The van der Waals surface area contributed by atoms with E-state index in [9.17, 15) is 0 Å². The average molecular weight is 802 g/mol. The molecule has 9 aromatic rings. The Bertz CT molecular complexity index is 3860. The Balaban J connectivity index is 1.60. The van der Waals surface area contributed by atoms with Crippen molar-refractivity contribution in [3.05, 3.63) is 0 Å². The van der Waals surface area contributed by atoms with Crippen molar-refractivity contribution < 1.29 is 4.42 Å². The van der Waals surface area contributed by atoms with Crippen LogP contribution in [0.25, 0.3) is 87.6 Å². The maximum absolute atomic E-state index is 7.26. The molecule has 0 N–H and O–H groups in total. The lowest BCUT2D eigenvalue weighted by Crippen LogP contribution is -2.56. The zero-order chi connectivity index (χ0) is 51.0.